The van der Waals surface area contributed by atoms with E-state index in [-0.39, 0.29) is 24.3 Å². The number of benzene rings is 3. The van der Waals surface area contributed by atoms with Gasteiger partial charge < -0.3 is 15.0 Å². The summed E-state index contributed by atoms with van der Waals surface area (Å²) in [5, 5.41) is 3.25. The van der Waals surface area contributed by atoms with Crippen LogP contribution in [0.3, 0.4) is 0 Å². The third-order valence-electron chi connectivity index (χ3n) is 6.68. The Hall–Kier alpha value is -3.60. The number of ether oxygens (including phenoxy) is 1. The van der Waals surface area contributed by atoms with E-state index in [1.54, 1.807) is 12.0 Å². The molecule has 2 amide bonds. The summed E-state index contributed by atoms with van der Waals surface area (Å²) in [5.41, 5.74) is 2.93. The first-order valence-electron chi connectivity index (χ1n) is 12.4. The monoisotopic (exact) mass is 470 g/mol. The van der Waals surface area contributed by atoms with Gasteiger partial charge in [0.25, 0.3) is 0 Å². The van der Waals surface area contributed by atoms with Crippen LogP contribution >= 0.6 is 0 Å². The molecule has 3 aromatic rings. The third kappa shape index (κ3) is 6.95. The van der Waals surface area contributed by atoms with Crippen molar-refractivity contribution in [3.63, 3.8) is 0 Å². The average molecular weight is 471 g/mol. The minimum Gasteiger partial charge on any atom is -0.497 e. The number of amides is 2. The number of hydrogen-bond acceptors (Lipinski definition) is 3. The molecule has 3 aromatic carbocycles. The van der Waals surface area contributed by atoms with Crippen LogP contribution < -0.4 is 10.1 Å². The highest BCUT2D eigenvalue weighted by atomic mass is 16.5. The molecule has 35 heavy (non-hydrogen) atoms. The lowest BCUT2D eigenvalue weighted by atomic mass is 10.0. The fraction of sp³-hybridized carbons (Fsp3) is 0.333. The van der Waals surface area contributed by atoms with Gasteiger partial charge in [-0.2, -0.15) is 0 Å². The van der Waals surface area contributed by atoms with Gasteiger partial charge >= 0.3 is 0 Å². The van der Waals surface area contributed by atoms with Crippen molar-refractivity contribution < 1.29 is 14.3 Å². The lowest BCUT2D eigenvalue weighted by molar-refractivity contribution is -0.141. The maximum Gasteiger partial charge on any atom is 0.243 e. The van der Waals surface area contributed by atoms with Gasteiger partial charge in [-0.05, 0) is 41.7 Å². The van der Waals surface area contributed by atoms with E-state index >= 15 is 0 Å². The van der Waals surface area contributed by atoms with Crippen molar-refractivity contribution in [3.05, 3.63) is 102 Å². The van der Waals surface area contributed by atoms with Gasteiger partial charge in [-0.3, -0.25) is 9.59 Å². The molecule has 0 heterocycles. The number of hydrogen-bond donors (Lipinski definition) is 1. The average Bonchev–Trinajstić information content (AvgIpc) is 3.41. The van der Waals surface area contributed by atoms with Gasteiger partial charge in [0.15, 0.2) is 0 Å². The molecule has 1 N–H and O–H groups in total. The van der Waals surface area contributed by atoms with Gasteiger partial charge in [0.1, 0.15) is 11.8 Å². The SMILES string of the molecule is COc1ccc(CC(=O)N(Cc2ccccc2)[C@H](Cc2ccccc2)C(=O)NC2CCCC2)cc1. The zero-order valence-electron chi connectivity index (χ0n) is 20.4. The first-order valence-corrected chi connectivity index (χ1v) is 12.4. The van der Waals surface area contributed by atoms with Crippen LogP contribution in [0.2, 0.25) is 0 Å². The molecule has 0 radical (unpaired) electrons. The molecule has 0 aromatic heterocycles. The van der Waals surface area contributed by atoms with E-state index in [0.29, 0.717) is 13.0 Å². The Morgan fingerprint density at radius 1 is 0.857 bits per heavy atom. The molecule has 0 bridgehead atoms. The van der Waals surface area contributed by atoms with Crippen LogP contribution in [-0.2, 0) is 29.0 Å². The Morgan fingerprint density at radius 3 is 2.06 bits per heavy atom. The van der Waals surface area contributed by atoms with Crippen LogP contribution in [0.5, 0.6) is 5.75 Å². The molecule has 5 heteroatoms. The van der Waals surface area contributed by atoms with Crippen molar-refractivity contribution in [1.82, 2.24) is 10.2 Å². The first kappa shape index (κ1) is 24.5. The number of carbonyl (C=O) groups excluding carboxylic acids is 2. The molecule has 0 unspecified atom stereocenters. The molecule has 1 aliphatic carbocycles. The predicted molar refractivity (Wildman–Crippen MR) is 138 cm³/mol. The standard InChI is InChI=1S/C30H34N2O3/c1-35-27-18-16-24(17-19-27)21-29(33)32(22-25-12-6-3-7-13-25)28(20-23-10-4-2-5-11-23)30(34)31-26-14-8-9-15-26/h2-7,10-13,16-19,26,28H,8-9,14-15,20-22H2,1H3,(H,31,34)/t28-/m1/s1. The van der Waals surface area contributed by atoms with E-state index in [4.69, 9.17) is 4.74 Å². The second-order valence-corrected chi connectivity index (χ2v) is 9.23. The second-order valence-electron chi connectivity index (χ2n) is 9.23. The largest absolute Gasteiger partial charge is 0.497 e. The predicted octanol–water partition coefficient (Wildman–Crippen LogP) is 4.94. The Labute approximate surface area is 208 Å². The number of methoxy groups -OCH3 is 1. The molecule has 0 saturated heterocycles. The summed E-state index contributed by atoms with van der Waals surface area (Å²) in [6.07, 6.45) is 4.97. The van der Waals surface area contributed by atoms with Crippen LogP contribution in [-0.4, -0.2) is 35.9 Å². The summed E-state index contributed by atoms with van der Waals surface area (Å²) in [6.45, 7) is 0.380. The summed E-state index contributed by atoms with van der Waals surface area (Å²) >= 11 is 0. The number of rotatable bonds is 10. The minimum absolute atomic E-state index is 0.0680. The lowest BCUT2D eigenvalue weighted by Gasteiger charge is -2.32. The van der Waals surface area contributed by atoms with Crippen LogP contribution in [0.4, 0.5) is 0 Å². The Balaban J connectivity index is 1.62. The normalized spacial score (nSPS) is 14.3. The third-order valence-corrected chi connectivity index (χ3v) is 6.68. The van der Waals surface area contributed by atoms with E-state index in [1.807, 2.05) is 84.9 Å². The van der Waals surface area contributed by atoms with Crippen molar-refractivity contribution >= 4 is 11.8 Å². The molecule has 1 aliphatic rings. The van der Waals surface area contributed by atoms with Crippen molar-refractivity contribution in [2.24, 2.45) is 0 Å². The molecule has 1 atom stereocenters. The van der Waals surface area contributed by atoms with Crippen molar-refractivity contribution in [2.75, 3.05) is 7.11 Å². The van der Waals surface area contributed by atoms with Crippen molar-refractivity contribution in [2.45, 2.75) is 57.2 Å². The van der Waals surface area contributed by atoms with Gasteiger partial charge in [0, 0.05) is 19.0 Å². The first-order chi connectivity index (χ1) is 17.1. The Morgan fingerprint density at radius 2 is 1.46 bits per heavy atom. The van der Waals surface area contributed by atoms with Gasteiger partial charge in [-0.1, -0.05) is 85.6 Å². The van der Waals surface area contributed by atoms with Crippen LogP contribution in [0.25, 0.3) is 0 Å². The topological polar surface area (TPSA) is 58.6 Å². The van der Waals surface area contributed by atoms with E-state index in [0.717, 1.165) is 48.1 Å². The van der Waals surface area contributed by atoms with E-state index in [2.05, 4.69) is 5.32 Å². The highest BCUT2D eigenvalue weighted by Crippen LogP contribution is 2.21. The lowest BCUT2D eigenvalue weighted by Crippen LogP contribution is -2.52. The number of nitrogens with one attached hydrogen (secondary N) is 1. The summed E-state index contributed by atoms with van der Waals surface area (Å²) in [4.78, 5) is 29.2. The van der Waals surface area contributed by atoms with Gasteiger partial charge in [-0.25, -0.2) is 0 Å². The fourth-order valence-electron chi connectivity index (χ4n) is 4.72. The molecular weight excluding hydrogens is 436 g/mol. The maximum atomic E-state index is 13.8. The Kier molecular flexibility index (Phi) is 8.55. The van der Waals surface area contributed by atoms with E-state index in [1.165, 1.54) is 0 Å². The summed E-state index contributed by atoms with van der Waals surface area (Å²) in [5.74, 6) is 0.613. The smallest absolute Gasteiger partial charge is 0.243 e. The van der Waals surface area contributed by atoms with Crippen LogP contribution in [0, 0.1) is 0 Å². The maximum absolute atomic E-state index is 13.8. The molecular formula is C30H34N2O3. The summed E-state index contributed by atoms with van der Waals surface area (Å²) < 4.78 is 5.25. The van der Waals surface area contributed by atoms with Gasteiger partial charge in [0.05, 0.1) is 13.5 Å². The fourth-order valence-corrected chi connectivity index (χ4v) is 4.72. The molecule has 1 fully saturated rings. The second kappa shape index (κ2) is 12.2. The highest BCUT2D eigenvalue weighted by Gasteiger charge is 2.32. The van der Waals surface area contributed by atoms with Crippen molar-refractivity contribution in [3.8, 4) is 5.75 Å². The number of carbonyl (C=O) groups is 2. The zero-order chi connectivity index (χ0) is 24.5. The molecule has 5 nitrogen and oxygen atoms in total. The van der Waals surface area contributed by atoms with Crippen LogP contribution in [0.1, 0.15) is 42.4 Å². The number of nitrogens with zero attached hydrogens (tertiary/aromatic N) is 1. The molecule has 0 aliphatic heterocycles. The quantitative estimate of drug-likeness (QED) is 0.457. The summed E-state index contributed by atoms with van der Waals surface area (Å²) in [7, 11) is 1.62. The van der Waals surface area contributed by atoms with E-state index in [9.17, 15) is 9.59 Å². The summed E-state index contributed by atoms with van der Waals surface area (Å²) in [6, 6.07) is 27.0. The molecule has 4 rings (SSSR count). The van der Waals surface area contributed by atoms with E-state index < -0.39 is 6.04 Å². The highest BCUT2D eigenvalue weighted by molar-refractivity contribution is 5.89. The zero-order valence-corrected chi connectivity index (χ0v) is 20.4. The minimum atomic E-state index is -0.594. The van der Waals surface area contributed by atoms with Gasteiger partial charge in [0.2, 0.25) is 11.8 Å². The van der Waals surface area contributed by atoms with Gasteiger partial charge in [-0.15, -0.1) is 0 Å². The molecule has 1 saturated carbocycles. The molecule has 182 valence electrons. The molecule has 0 spiro atoms. The van der Waals surface area contributed by atoms with Crippen molar-refractivity contribution in [1.29, 1.82) is 0 Å². The van der Waals surface area contributed by atoms with Crippen LogP contribution in [0.15, 0.2) is 84.9 Å². The Bertz CT molecular complexity index is 1080.